The van der Waals surface area contributed by atoms with Crippen molar-refractivity contribution in [1.82, 2.24) is 0 Å². The van der Waals surface area contributed by atoms with Crippen LogP contribution in [0.3, 0.4) is 0 Å². The zero-order chi connectivity index (χ0) is 12.0. The highest BCUT2D eigenvalue weighted by Crippen LogP contribution is 2.74. The average molecular weight is 309 g/mol. The van der Waals surface area contributed by atoms with Gasteiger partial charge in [-0.3, -0.25) is 9.13 Å². The fourth-order valence-electron chi connectivity index (χ4n) is 0.500. The van der Waals surface area contributed by atoms with E-state index in [-0.39, 0.29) is 0 Å². The average Bonchev–Trinajstić information content (AvgIpc) is 1.77. The summed E-state index contributed by atoms with van der Waals surface area (Å²) in [6, 6.07) is 0. The smallest absolute Gasteiger partial charge is 0.364 e. The number of halogens is 3. The van der Waals surface area contributed by atoms with E-state index in [0.717, 1.165) is 0 Å². The van der Waals surface area contributed by atoms with Gasteiger partial charge in [-0.25, -0.2) is 0 Å². The molecule has 0 fully saturated rings. The summed E-state index contributed by atoms with van der Waals surface area (Å²) in [6.07, 6.45) is 0. The lowest BCUT2D eigenvalue weighted by Gasteiger charge is -2.34. The highest BCUT2D eigenvalue weighted by atomic mass is 35.6. The summed E-state index contributed by atoms with van der Waals surface area (Å²) in [5.41, 5.74) is 0. The summed E-state index contributed by atoms with van der Waals surface area (Å²) in [6.45, 7) is 0. The Bertz CT molecular complexity index is 287. The lowest BCUT2D eigenvalue weighted by Crippen LogP contribution is -2.42. The fraction of sp³-hybridized carbons (Fsp3) is 1.00. The molecule has 12 heteroatoms. The summed E-state index contributed by atoms with van der Waals surface area (Å²) in [7, 11) is -11.5. The summed E-state index contributed by atoms with van der Waals surface area (Å²) < 4.78 is 18.1. The molecule has 0 rings (SSSR count). The molecule has 0 aliphatic carbocycles. The van der Waals surface area contributed by atoms with Gasteiger partial charge >= 0.3 is 20.3 Å². The zero-order valence-corrected chi connectivity index (χ0v) is 10.1. The lowest BCUT2D eigenvalue weighted by atomic mass is 10.8. The van der Waals surface area contributed by atoms with Gasteiger partial charge in [-0.05, 0) is 0 Å². The van der Waals surface area contributed by atoms with Gasteiger partial charge in [-0.1, -0.05) is 34.8 Å². The highest BCUT2D eigenvalue weighted by molar-refractivity contribution is 7.72. The van der Waals surface area contributed by atoms with Crippen molar-refractivity contribution in [2.45, 2.75) is 8.88 Å². The van der Waals surface area contributed by atoms with Gasteiger partial charge in [0, 0.05) is 0 Å². The van der Waals surface area contributed by atoms with Crippen LogP contribution in [-0.2, 0) is 9.13 Å². The maximum Gasteiger partial charge on any atom is 0.374 e. The van der Waals surface area contributed by atoms with E-state index in [1.165, 1.54) is 0 Å². The van der Waals surface area contributed by atoms with Crippen LogP contribution < -0.4 is 0 Å². The quantitative estimate of drug-likeness (QED) is 0.367. The van der Waals surface area contributed by atoms with Crippen LogP contribution in [0.5, 0.6) is 0 Å². The third-order valence-corrected chi connectivity index (χ3v) is 6.66. The molecule has 0 atom stereocenters. The van der Waals surface area contributed by atoms with E-state index in [2.05, 4.69) is 0 Å². The molecule has 0 spiro atoms. The Balaban J connectivity index is 5.81. The topological polar surface area (TPSA) is 135 Å². The Labute approximate surface area is 92.9 Å². The SMILES string of the molecule is O=P(O)(O)C(O)(C(Cl)(Cl)Cl)P(=O)(O)O. The minimum Gasteiger partial charge on any atom is -0.364 e. The number of hydrogen-bond donors (Lipinski definition) is 5. The zero-order valence-electron chi connectivity index (χ0n) is 6.08. The second-order valence-electron chi connectivity index (χ2n) is 2.22. The van der Waals surface area contributed by atoms with Gasteiger partial charge in [0.05, 0.1) is 0 Å². The molecule has 0 bridgehead atoms. The summed E-state index contributed by atoms with van der Waals surface area (Å²) in [5, 5.41) is 5.04. The third-order valence-electron chi connectivity index (χ3n) is 1.19. The number of aliphatic hydroxyl groups is 1. The van der Waals surface area contributed by atoms with Gasteiger partial charge in [-0.15, -0.1) is 0 Å². The van der Waals surface area contributed by atoms with Gasteiger partial charge in [0.15, 0.2) is 0 Å². The van der Waals surface area contributed by atoms with Crippen molar-refractivity contribution in [1.29, 1.82) is 0 Å². The van der Waals surface area contributed by atoms with Crippen molar-refractivity contribution < 1.29 is 33.8 Å². The van der Waals surface area contributed by atoms with E-state index in [1.54, 1.807) is 0 Å². The second kappa shape index (κ2) is 3.86. The maximum atomic E-state index is 10.6. The molecule has 0 saturated carbocycles. The molecule has 0 amide bonds. The molecular weight excluding hydrogens is 304 g/mol. The van der Waals surface area contributed by atoms with Crippen LogP contribution >= 0.6 is 50.0 Å². The minimum atomic E-state index is -5.73. The van der Waals surface area contributed by atoms with Crippen LogP contribution in [0.1, 0.15) is 0 Å². The normalized spacial score (nSPS) is 15.7. The Kier molecular flexibility index (Phi) is 4.17. The first kappa shape index (κ1) is 15.1. The molecule has 0 saturated heterocycles. The first-order valence-electron chi connectivity index (χ1n) is 2.65. The molecule has 0 aromatic carbocycles. The van der Waals surface area contributed by atoms with Crippen molar-refractivity contribution in [3.8, 4) is 0 Å². The van der Waals surface area contributed by atoms with E-state index in [0.29, 0.717) is 0 Å². The molecule has 0 radical (unpaired) electrons. The molecule has 14 heavy (non-hydrogen) atoms. The van der Waals surface area contributed by atoms with Crippen molar-refractivity contribution in [3.05, 3.63) is 0 Å². The highest BCUT2D eigenvalue weighted by Gasteiger charge is 2.71. The Morgan fingerprint density at radius 3 is 1.07 bits per heavy atom. The van der Waals surface area contributed by atoms with Gasteiger partial charge in [0.25, 0.3) is 0 Å². The first-order valence-corrected chi connectivity index (χ1v) is 7.01. The van der Waals surface area contributed by atoms with Gasteiger partial charge in [0.1, 0.15) is 0 Å². The van der Waals surface area contributed by atoms with Crippen LogP contribution in [0.25, 0.3) is 0 Å². The van der Waals surface area contributed by atoms with E-state index in [1.807, 2.05) is 0 Å². The standard InChI is InChI=1S/C2H5Cl3O7P2/c3-1(4,5)2(6,13(7,8)9)14(10,11)12/h6H,(H2,7,8,9)(H2,10,11,12). The minimum absolute atomic E-state index is 3.23. The van der Waals surface area contributed by atoms with E-state index in [4.69, 9.17) is 59.5 Å². The monoisotopic (exact) mass is 308 g/mol. The molecule has 86 valence electrons. The van der Waals surface area contributed by atoms with Crippen LogP contribution in [-0.4, -0.2) is 33.6 Å². The predicted octanol–water partition coefficient (Wildman–Crippen LogP) is 0.358. The number of rotatable bonds is 2. The van der Waals surface area contributed by atoms with E-state index in [9.17, 15) is 9.13 Å². The van der Waals surface area contributed by atoms with E-state index >= 15 is 0 Å². The molecular formula is C2H5Cl3O7P2. The van der Waals surface area contributed by atoms with Crippen LogP contribution in [0.4, 0.5) is 0 Å². The van der Waals surface area contributed by atoms with Crippen LogP contribution in [0.2, 0.25) is 0 Å². The predicted molar refractivity (Wildman–Crippen MR) is 49.3 cm³/mol. The van der Waals surface area contributed by atoms with Crippen molar-refractivity contribution in [2.24, 2.45) is 0 Å². The number of alkyl halides is 3. The molecule has 0 aliphatic heterocycles. The molecule has 0 aromatic heterocycles. The van der Waals surface area contributed by atoms with Crippen molar-refractivity contribution in [3.63, 3.8) is 0 Å². The molecule has 0 heterocycles. The van der Waals surface area contributed by atoms with Crippen LogP contribution in [0, 0.1) is 0 Å². The first-order chi connectivity index (χ1) is 5.75. The molecule has 0 aromatic rings. The van der Waals surface area contributed by atoms with Crippen molar-refractivity contribution >= 4 is 50.0 Å². The summed E-state index contributed by atoms with van der Waals surface area (Å²) in [4.78, 5) is 34.1. The lowest BCUT2D eigenvalue weighted by molar-refractivity contribution is 0.134. The Morgan fingerprint density at radius 2 is 1.07 bits per heavy atom. The van der Waals surface area contributed by atoms with Crippen molar-refractivity contribution in [2.75, 3.05) is 0 Å². The van der Waals surface area contributed by atoms with E-state index < -0.39 is 24.1 Å². The largest absolute Gasteiger partial charge is 0.374 e. The Morgan fingerprint density at radius 1 is 0.857 bits per heavy atom. The van der Waals surface area contributed by atoms with Gasteiger partial charge in [-0.2, -0.15) is 0 Å². The second-order valence-corrected chi connectivity index (χ2v) is 8.33. The molecule has 0 unspecified atom stereocenters. The van der Waals surface area contributed by atoms with Crippen LogP contribution in [0.15, 0.2) is 0 Å². The summed E-state index contributed by atoms with van der Waals surface area (Å²) in [5.74, 6) is 0. The third kappa shape index (κ3) is 2.44. The maximum absolute atomic E-state index is 10.6. The summed E-state index contributed by atoms with van der Waals surface area (Å²) >= 11 is 14.7. The van der Waals surface area contributed by atoms with Gasteiger partial charge < -0.3 is 24.7 Å². The fourth-order valence-corrected chi connectivity index (χ4v) is 4.50. The number of hydrogen-bond acceptors (Lipinski definition) is 3. The molecule has 7 nitrogen and oxygen atoms in total. The molecule has 0 aliphatic rings. The van der Waals surface area contributed by atoms with Gasteiger partial charge in [0.2, 0.25) is 3.79 Å². The molecule has 5 N–H and O–H groups in total. The Hall–Kier alpha value is 1.13.